The normalized spacial score (nSPS) is 14.2. The van der Waals surface area contributed by atoms with Crippen molar-refractivity contribution in [3.05, 3.63) is 60.2 Å². The number of ether oxygens (including phenoxy) is 1. The summed E-state index contributed by atoms with van der Waals surface area (Å²) in [5.74, 6) is 0.102. The first-order chi connectivity index (χ1) is 13.7. The van der Waals surface area contributed by atoms with Crippen LogP contribution in [0.25, 0.3) is 11.5 Å². The summed E-state index contributed by atoms with van der Waals surface area (Å²) in [6.07, 6.45) is 0. The predicted molar refractivity (Wildman–Crippen MR) is 101 cm³/mol. The lowest BCUT2D eigenvalue weighted by Gasteiger charge is -2.36. The topological polar surface area (TPSA) is 71.7 Å². The second-order valence-corrected chi connectivity index (χ2v) is 6.37. The Kier molecular flexibility index (Phi) is 4.92. The van der Waals surface area contributed by atoms with Crippen LogP contribution < -0.4 is 9.64 Å². The number of hydrogen-bond acceptors (Lipinski definition) is 6. The molecule has 7 nitrogen and oxygen atoms in total. The number of piperazine rings is 1. The van der Waals surface area contributed by atoms with Crippen molar-refractivity contribution in [2.75, 3.05) is 38.2 Å². The van der Waals surface area contributed by atoms with Gasteiger partial charge >= 0.3 is 11.8 Å². The molecule has 2 heterocycles. The number of carbonyl (C=O) groups excluding carboxylic acids is 1. The third-order valence-electron chi connectivity index (χ3n) is 4.67. The van der Waals surface area contributed by atoms with E-state index in [-0.39, 0.29) is 17.7 Å². The molecule has 144 valence electrons. The predicted octanol–water partition coefficient (Wildman–Crippen LogP) is 2.85. The van der Waals surface area contributed by atoms with Crippen molar-refractivity contribution in [3.63, 3.8) is 0 Å². The molecule has 1 aromatic heterocycles. The number of rotatable bonds is 4. The summed E-state index contributed by atoms with van der Waals surface area (Å²) < 4.78 is 24.2. The van der Waals surface area contributed by atoms with Crippen LogP contribution in [0.5, 0.6) is 5.75 Å². The standard InChI is InChI=1S/C20H19FN4O3/c1-27-17-8-3-2-7-16(17)24-9-11-25(12-10-24)20(26)19-23-22-18(28-19)14-5-4-6-15(21)13-14/h2-8,13H,9-12H2,1H3. The highest BCUT2D eigenvalue weighted by atomic mass is 19.1. The molecule has 0 radical (unpaired) electrons. The van der Waals surface area contributed by atoms with Crippen molar-refractivity contribution in [3.8, 4) is 17.2 Å². The maximum Gasteiger partial charge on any atom is 0.311 e. The van der Waals surface area contributed by atoms with Crippen LogP contribution in [0.4, 0.5) is 10.1 Å². The van der Waals surface area contributed by atoms with Gasteiger partial charge in [0.25, 0.3) is 0 Å². The second-order valence-electron chi connectivity index (χ2n) is 6.37. The molecule has 1 fully saturated rings. The lowest BCUT2D eigenvalue weighted by molar-refractivity contribution is 0.0707. The van der Waals surface area contributed by atoms with Crippen LogP contribution >= 0.6 is 0 Å². The molecule has 0 atom stereocenters. The summed E-state index contributed by atoms with van der Waals surface area (Å²) in [6.45, 7) is 2.37. The van der Waals surface area contributed by atoms with Crippen molar-refractivity contribution in [1.29, 1.82) is 0 Å². The molecule has 0 spiro atoms. The number of carbonyl (C=O) groups is 1. The van der Waals surface area contributed by atoms with Gasteiger partial charge in [-0.2, -0.15) is 0 Å². The molecule has 28 heavy (non-hydrogen) atoms. The summed E-state index contributed by atoms with van der Waals surface area (Å²) in [4.78, 5) is 16.5. The van der Waals surface area contributed by atoms with Crippen molar-refractivity contribution in [1.82, 2.24) is 15.1 Å². The van der Waals surface area contributed by atoms with E-state index in [1.54, 1.807) is 24.1 Å². The molecule has 1 amide bonds. The first-order valence-electron chi connectivity index (χ1n) is 8.92. The van der Waals surface area contributed by atoms with E-state index in [0.29, 0.717) is 31.7 Å². The Morgan fingerprint density at radius 2 is 1.86 bits per heavy atom. The highest BCUT2D eigenvalue weighted by Crippen LogP contribution is 2.28. The van der Waals surface area contributed by atoms with Crippen LogP contribution in [0.3, 0.4) is 0 Å². The Balaban J connectivity index is 1.43. The molecule has 3 aromatic rings. The van der Waals surface area contributed by atoms with E-state index in [0.717, 1.165) is 11.4 Å². The number of anilines is 1. The average Bonchev–Trinajstić information content (AvgIpc) is 3.24. The van der Waals surface area contributed by atoms with E-state index in [4.69, 9.17) is 9.15 Å². The fourth-order valence-corrected chi connectivity index (χ4v) is 3.22. The number of benzene rings is 2. The number of amides is 1. The molecule has 0 saturated carbocycles. The summed E-state index contributed by atoms with van der Waals surface area (Å²) in [5, 5.41) is 7.71. The fraction of sp³-hybridized carbons (Fsp3) is 0.250. The lowest BCUT2D eigenvalue weighted by Crippen LogP contribution is -2.49. The smallest absolute Gasteiger partial charge is 0.311 e. The number of hydrogen-bond donors (Lipinski definition) is 0. The maximum absolute atomic E-state index is 13.4. The van der Waals surface area contributed by atoms with Gasteiger partial charge in [0, 0.05) is 31.7 Å². The zero-order valence-electron chi connectivity index (χ0n) is 15.3. The zero-order valence-corrected chi connectivity index (χ0v) is 15.3. The molecule has 1 aliphatic heterocycles. The van der Waals surface area contributed by atoms with Gasteiger partial charge in [-0.25, -0.2) is 4.39 Å². The van der Waals surface area contributed by atoms with Crippen LogP contribution in [-0.2, 0) is 0 Å². The molecule has 1 saturated heterocycles. The van der Waals surface area contributed by atoms with E-state index < -0.39 is 5.82 Å². The number of nitrogens with zero attached hydrogens (tertiary/aromatic N) is 4. The first-order valence-corrected chi connectivity index (χ1v) is 8.92. The largest absolute Gasteiger partial charge is 0.495 e. The van der Waals surface area contributed by atoms with Gasteiger partial charge in [-0.3, -0.25) is 4.79 Å². The fourth-order valence-electron chi connectivity index (χ4n) is 3.22. The summed E-state index contributed by atoms with van der Waals surface area (Å²) in [5.41, 5.74) is 1.44. The molecule has 4 rings (SSSR count). The van der Waals surface area contributed by atoms with Gasteiger partial charge in [0.2, 0.25) is 5.89 Å². The Labute approximate surface area is 161 Å². The van der Waals surface area contributed by atoms with E-state index >= 15 is 0 Å². The van der Waals surface area contributed by atoms with Crippen molar-refractivity contribution in [2.45, 2.75) is 0 Å². The SMILES string of the molecule is COc1ccccc1N1CCN(C(=O)c2nnc(-c3cccc(F)c3)o2)CC1. The van der Waals surface area contributed by atoms with Crippen molar-refractivity contribution >= 4 is 11.6 Å². The average molecular weight is 382 g/mol. The van der Waals surface area contributed by atoms with Gasteiger partial charge in [0.1, 0.15) is 11.6 Å². The number of methoxy groups -OCH3 is 1. The molecular formula is C20H19FN4O3. The second kappa shape index (κ2) is 7.67. The van der Waals surface area contributed by atoms with Gasteiger partial charge in [0.15, 0.2) is 0 Å². The molecular weight excluding hydrogens is 363 g/mol. The summed E-state index contributed by atoms with van der Waals surface area (Å²) in [6, 6.07) is 13.6. The Morgan fingerprint density at radius 1 is 1.07 bits per heavy atom. The van der Waals surface area contributed by atoms with Crippen LogP contribution in [0.1, 0.15) is 10.7 Å². The third-order valence-corrected chi connectivity index (χ3v) is 4.67. The van der Waals surface area contributed by atoms with Crippen LogP contribution in [-0.4, -0.2) is 54.3 Å². The quantitative estimate of drug-likeness (QED) is 0.691. The third kappa shape index (κ3) is 3.53. The summed E-state index contributed by atoms with van der Waals surface area (Å²) in [7, 11) is 1.64. The van der Waals surface area contributed by atoms with Gasteiger partial charge < -0.3 is 19.0 Å². The maximum atomic E-state index is 13.4. The van der Waals surface area contributed by atoms with E-state index in [1.807, 2.05) is 24.3 Å². The minimum Gasteiger partial charge on any atom is -0.495 e. The monoisotopic (exact) mass is 382 g/mol. The zero-order chi connectivity index (χ0) is 19.5. The van der Waals surface area contributed by atoms with Crippen LogP contribution in [0.2, 0.25) is 0 Å². The van der Waals surface area contributed by atoms with Gasteiger partial charge in [-0.05, 0) is 30.3 Å². The minimum atomic E-state index is -0.406. The number of halogens is 1. The molecule has 0 N–H and O–H groups in total. The van der Waals surface area contributed by atoms with Crippen molar-refractivity contribution < 1.29 is 18.3 Å². The van der Waals surface area contributed by atoms with Gasteiger partial charge in [-0.1, -0.05) is 18.2 Å². The van der Waals surface area contributed by atoms with Gasteiger partial charge in [0.05, 0.1) is 12.8 Å². The Hall–Kier alpha value is -3.42. The van der Waals surface area contributed by atoms with E-state index in [2.05, 4.69) is 15.1 Å². The van der Waals surface area contributed by atoms with Gasteiger partial charge in [-0.15, -0.1) is 10.2 Å². The molecule has 0 bridgehead atoms. The molecule has 0 aliphatic carbocycles. The Morgan fingerprint density at radius 3 is 2.61 bits per heavy atom. The van der Waals surface area contributed by atoms with Crippen LogP contribution in [0, 0.1) is 5.82 Å². The molecule has 0 unspecified atom stereocenters. The van der Waals surface area contributed by atoms with Crippen LogP contribution in [0.15, 0.2) is 52.9 Å². The number of para-hydroxylation sites is 2. The van der Waals surface area contributed by atoms with E-state index in [9.17, 15) is 9.18 Å². The van der Waals surface area contributed by atoms with Crippen molar-refractivity contribution in [2.24, 2.45) is 0 Å². The first kappa shape index (κ1) is 18.0. The highest BCUT2D eigenvalue weighted by Gasteiger charge is 2.27. The highest BCUT2D eigenvalue weighted by molar-refractivity contribution is 5.90. The summed E-state index contributed by atoms with van der Waals surface area (Å²) >= 11 is 0. The molecule has 1 aliphatic rings. The Bertz CT molecular complexity index is 983. The minimum absolute atomic E-state index is 0.0926. The lowest BCUT2D eigenvalue weighted by atomic mass is 10.2. The number of aromatic nitrogens is 2. The molecule has 8 heteroatoms. The molecule has 2 aromatic carbocycles. The van der Waals surface area contributed by atoms with E-state index in [1.165, 1.54) is 12.1 Å².